The Bertz CT molecular complexity index is 750. The number of sulfonamides is 1. The van der Waals surface area contributed by atoms with Crippen molar-refractivity contribution in [2.24, 2.45) is 5.14 Å². The largest absolute Gasteiger partial charge is 0.361 e. The maximum absolute atomic E-state index is 11.9. The van der Waals surface area contributed by atoms with Crippen LogP contribution in [-0.4, -0.2) is 19.5 Å². The molecule has 1 aromatic carbocycles. The van der Waals surface area contributed by atoms with Crippen LogP contribution in [0.4, 0.5) is 0 Å². The van der Waals surface area contributed by atoms with Gasteiger partial charge in [-0.2, -0.15) is 0 Å². The van der Waals surface area contributed by atoms with Gasteiger partial charge in [0.15, 0.2) is 5.69 Å². The zero-order valence-electron chi connectivity index (χ0n) is 11.5. The van der Waals surface area contributed by atoms with Crippen molar-refractivity contribution in [1.82, 2.24) is 10.5 Å². The van der Waals surface area contributed by atoms with E-state index >= 15 is 0 Å². The Morgan fingerprint density at radius 3 is 2.43 bits per heavy atom. The monoisotopic (exact) mass is 309 g/mol. The van der Waals surface area contributed by atoms with Crippen molar-refractivity contribution in [3.8, 4) is 0 Å². The highest BCUT2D eigenvalue weighted by Crippen LogP contribution is 2.16. The Morgan fingerprint density at radius 2 is 1.95 bits per heavy atom. The van der Waals surface area contributed by atoms with E-state index in [4.69, 9.17) is 9.66 Å². The minimum Gasteiger partial charge on any atom is -0.361 e. The smallest absolute Gasteiger partial charge is 0.273 e. The highest BCUT2D eigenvalue weighted by molar-refractivity contribution is 7.89. The SMILES string of the molecule is Cc1cc(C(=O)N[C@H](C)c2ccc(S(N)(=O)=O)cc2)no1. The number of benzene rings is 1. The fraction of sp³-hybridized carbons (Fsp3) is 0.231. The molecule has 0 saturated heterocycles. The molecule has 3 N–H and O–H groups in total. The summed E-state index contributed by atoms with van der Waals surface area (Å²) in [5.41, 5.74) is 0.941. The summed E-state index contributed by atoms with van der Waals surface area (Å²) >= 11 is 0. The van der Waals surface area contributed by atoms with E-state index in [-0.39, 0.29) is 22.5 Å². The average Bonchev–Trinajstić information content (AvgIpc) is 2.84. The second-order valence-corrected chi connectivity index (χ2v) is 6.19. The molecule has 0 saturated carbocycles. The summed E-state index contributed by atoms with van der Waals surface area (Å²) in [6.45, 7) is 3.47. The predicted octanol–water partition coefficient (Wildman–Crippen LogP) is 1.12. The molecule has 0 bridgehead atoms. The second-order valence-electron chi connectivity index (χ2n) is 4.63. The molecule has 8 heteroatoms. The first-order chi connectivity index (χ1) is 9.77. The van der Waals surface area contributed by atoms with Gasteiger partial charge in [0.25, 0.3) is 5.91 Å². The average molecular weight is 309 g/mol. The summed E-state index contributed by atoms with van der Waals surface area (Å²) in [6, 6.07) is 7.20. The molecule has 0 spiro atoms. The van der Waals surface area contributed by atoms with E-state index in [2.05, 4.69) is 10.5 Å². The van der Waals surface area contributed by atoms with Gasteiger partial charge in [0.05, 0.1) is 10.9 Å². The number of hydrogen-bond donors (Lipinski definition) is 2. The van der Waals surface area contributed by atoms with Gasteiger partial charge in [0.1, 0.15) is 5.76 Å². The number of hydrogen-bond acceptors (Lipinski definition) is 5. The van der Waals surface area contributed by atoms with E-state index in [1.807, 2.05) is 0 Å². The number of carbonyl (C=O) groups is 1. The van der Waals surface area contributed by atoms with Crippen LogP contribution in [0, 0.1) is 6.92 Å². The van der Waals surface area contributed by atoms with Gasteiger partial charge in [0.2, 0.25) is 10.0 Å². The molecule has 1 atom stereocenters. The van der Waals surface area contributed by atoms with Gasteiger partial charge in [0, 0.05) is 6.07 Å². The van der Waals surface area contributed by atoms with Gasteiger partial charge in [-0.3, -0.25) is 4.79 Å². The summed E-state index contributed by atoms with van der Waals surface area (Å²) in [4.78, 5) is 11.9. The van der Waals surface area contributed by atoms with Crippen molar-refractivity contribution in [2.45, 2.75) is 24.8 Å². The van der Waals surface area contributed by atoms with E-state index in [0.29, 0.717) is 5.76 Å². The van der Waals surface area contributed by atoms with Crippen LogP contribution < -0.4 is 10.5 Å². The van der Waals surface area contributed by atoms with E-state index in [0.717, 1.165) is 5.56 Å². The third-order valence-electron chi connectivity index (χ3n) is 2.92. The maximum atomic E-state index is 11.9. The normalized spacial score (nSPS) is 12.9. The van der Waals surface area contributed by atoms with Crippen LogP contribution in [-0.2, 0) is 10.0 Å². The van der Waals surface area contributed by atoms with Crippen molar-refractivity contribution in [3.63, 3.8) is 0 Å². The molecule has 0 aliphatic heterocycles. The molecule has 0 aliphatic rings. The number of rotatable bonds is 4. The van der Waals surface area contributed by atoms with Gasteiger partial charge in [-0.1, -0.05) is 17.3 Å². The number of amides is 1. The molecule has 0 aliphatic carbocycles. The first-order valence-electron chi connectivity index (χ1n) is 6.14. The fourth-order valence-corrected chi connectivity index (χ4v) is 2.29. The standard InChI is InChI=1S/C13H15N3O4S/c1-8-7-12(16-20-8)13(17)15-9(2)10-3-5-11(6-4-10)21(14,18)19/h3-7,9H,1-2H3,(H,15,17)(H2,14,18,19)/t9-/m1/s1. The number of nitrogens with zero attached hydrogens (tertiary/aromatic N) is 1. The predicted molar refractivity (Wildman–Crippen MR) is 74.9 cm³/mol. The van der Waals surface area contributed by atoms with Gasteiger partial charge < -0.3 is 9.84 Å². The molecule has 112 valence electrons. The molecule has 1 amide bonds. The lowest BCUT2D eigenvalue weighted by Crippen LogP contribution is -2.27. The quantitative estimate of drug-likeness (QED) is 0.878. The number of primary sulfonamides is 1. The molecule has 2 aromatic rings. The first-order valence-corrected chi connectivity index (χ1v) is 7.69. The number of nitrogens with one attached hydrogen (secondary N) is 1. The summed E-state index contributed by atoms with van der Waals surface area (Å²) in [5, 5.41) is 11.4. The topological polar surface area (TPSA) is 115 Å². The lowest BCUT2D eigenvalue weighted by atomic mass is 10.1. The van der Waals surface area contributed by atoms with Crippen molar-refractivity contribution >= 4 is 15.9 Å². The first kappa shape index (κ1) is 15.2. The van der Waals surface area contributed by atoms with Crippen molar-refractivity contribution in [1.29, 1.82) is 0 Å². The maximum Gasteiger partial charge on any atom is 0.273 e. The number of nitrogens with two attached hydrogens (primary N) is 1. The van der Waals surface area contributed by atoms with Crippen LogP contribution in [0.15, 0.2) is 39.8 Å². The Labute approximate surface area is 122 Å². The molecular formula is C13H15N3O4S. The molecule has 1 heterocycles. The Balaban J connectivity index is 2.10. The van der Waals surface area contributed by atoms with E-state index < -0.39 is 10.0 Å². The van der Waals surface area contributed by atoms with E-state index in [9.17, 15) is 13.2 Å². The Hall–Kier alpha value is -2.19. The van der Waals surface area contributed by atoms with E-state index in [1.54, 1.807) is 26.0 Å². The van der Waals surface area contributed by atoms with Crippen molar-refractivity contribution < 1.29 is 17.7 Å². The summed E-state index contributed by atoms with van der Waals surface area (Å²) in [6.07, 6.45) is 0. The summed E-state index contributed by atoms with van der Waals surface area (Å²) < 4.78 is 27.2. The van der Waals surface area contributed by atoms with Crippen LogP contribution in [0.5, 0.6) is 0 Å². The highest BCUT2D eigenvalue weighted by Gasteiger charge is 2.15. The molecule has 1 aromatic heterocycles. The molecule has 2 rings (SSSR count). The van der Waals surface area contributed by atoms with Gasteiger partial charge in [-0.15, -0.1) is 0 Å². The molecule has 0 radical (unpaired) electrons. The molecular weight excluding hydrogens is 294 g/mol. The summed E-state index contributed by atoms with van der Waals surface area (Å²) in [7, 11) is -3.72. The van der Waals surface area contributed by atoms with Gasteiger partial charge in [-0.25, -0.2) is 13.6 Å². The van der Waals surface area contributed by atoms with Crippen LogP contribution >= 0.6 is 0 Å². The van der Waals surface area contributed by atoms with Crippen LogP contribution in [0.2, 0.25) is 0 Å². The van der Waals surface area contributed by atoms with Crippen molar-refractivity contribution in [2.75, 3.05) is 0 Å². The van der Waals surface area contributed by atoms with Crippen molar-refractivity contribution in [3.05, 3.63) is 47.3 Å². The molecule has 0 fully saturated rings. The number of aromatic nitrogens is 1. The summed E-state index contributed by atoms with van der Waals surface area (Å²) in [5.74, 6) is 0.181. The Morgan fingerprint density at radius 1 is 1.33 bits per heavy atom. The number of aryl methyl sites for hydroxylation is 1. The minimum atomic E-state index is -3.72. The molecule has 21 heavy (non-hydrogen) atoms. The molecule has 7 nitrogen and oxygen atoms in total. The lowest BCUT2D eigenvalue weighted by molar-refractivity contribution is 0.0930. The van der Waals surface area contributed by atoms with Crippen LogP contribution in [0.25, 0.3) is 0 Å². The van der Waals surface area contributed by atoms with E-state index in [1.165, 1.54) is 18.2 Å². The Kier molecular flexibility index (Phi) is 4.10. The van der Waals surface area contributed by atoms with Crippen LogP contribution in [0.1, 0.15) is 34.8 Å². The zero-order valence-corrected chi connectivity index (χ0v) is 12.3. The number of carbonyl (C=O) groups excluding carboxylic acids is 1. The zero-order chi connectivity index (χ0) is 15.6. The second kappa shape index (κ2) is 5.66. The van der Waals surface area contributed by atoms with Gasteiger partial charge in [-0.05, 0) is 31.5 Å². The lowest BCUT2D eigenvalue weighted by Gasteiger charge is -2.13. The highest BCUT2D eigenvalue weighted by atomic mass is 32.2. The minimum absolute atomic E-state index is 0.0249. The fourth-order valence-electron chi connectivity index (χ4n) is 1.77. The molecule has 0 unspecified atom stereocenters. The van der Waals surface area contributed by atoms with Crippen LogP contribution in [0.3, 0.4) is 0 Å². The third kappa shape index (κ3) is 3.67. The van der Waals surface area contributed by atoms with Gasteiger partial charge >= 0.3 is 0 Å². The third-order valence-corrected chi connectivity index (χ3v) is 3.85.